The first kappa shape index (κ1) is 17.2. The molecule has 1 aliphatic heterocycles. The lowest BCUT2D eigenvalue weighted by Gasteiger charge is -2.22. The second-order valence-corrected chi connectivity index (χ2v) is 7.56. The molecule has 0 aliphatic carbocycles. The van der Waals surface area contributed by atoms with Crippen LogP contribution in [0.15, 0.2) is 30.6 Å². The van der Waals surface area contributed by atoms with Crippen molar-refractivity contribution >= 4 is 16.6 Å². The van der Waals surface area contributed by atoms with Crippen LogP contribution < -0.4 is 10.1 Å². The van der Waals surface area contributed by atoms with Crippen LogP contribution in [0, 0.1) is 13.8 Å². The van der Waals surface area contributed by atoms with E-state index in [1.165, 1.54) is 0 Å². The molecule has 144 valence electrons. The van der Waals surface area contributed by atoms with Crippen molar-refractivity contribution in [3.63, 3.8) is 0 Å². The Labute approximate surface area is 163 Å². The van der Waals surface area contributed by atoms with E-state index >= 15 is 0 Å². The highest BCUT2D eigenvalue weighted by atomic mass is 16.5. The summed E-state index contributed by atoms with van der Waals surface area (Å²) in [5.74, 6) is 0.783. The molecule has 7 nitrogen and oxygen atoms in total. The Hall–Kier alpha value is -2.93. The molecule has 5 rings (SSSR count). The van der Waals surface area contributed by atoms with Crippen molar-refractivity contribution < 1.29 is 4.74 Å². The number of aromatic nitrogens is 5. The van der Waals surface area contributed by atoms with E-state index < -0.39 is 0 Å². The molecule has 28 heavy (non-hydrogen) atoms. The largest absolute Gasteiger partial charge is 0.496 e. The normalized spacial score (nSPS) is 15.5. The quantitative estimate of drug-likeness (QED) is 0.594. The van der Waals surface area contributed by atoms with Crippen molar-refractivity contribution in [2.75, 3.05) is 20.2 Å². The summed E-state index contributed by atoms with van der Waals surface area (Å²) < 4.78 is 9.67. The molecule has 1 fully saturated rings. The SMILES string of the molecule is COc1cc2nn(C3CCNCC3)cc2cc1-c1cc(C)c2nc(C)cn2n1. The van der Waals surface area contributed by atoms with Gasteiger partial charge in [-0.2, -0.15) is 10.2 Å². The summed E-state index contributed by atoms with van der Waals surface area (Å²) >= 11 is 0. The highest BCUT2D eigenvalue weighted by molar-refractivity contribution is 5.87. The number of aryl methyl sites for hydroxylation is 2. The first-order valence-corrected chi connectivity index (χ1v) is 9.74. The summed E-state index contributed by atoms with van der Waals surface area (Å²) in [5.41, 5.74) is 5.73. The molecule has 1 N–H and O–H groups in total. The molecule has 1 saturated heterocycles. The number of nitrogens with one attached hydrogen (secondary N) is 1. The van der Waals surface area contributed by atoms with Crippen LogP contribution in [0.3, 0.4) is 0 Å². The third kappa shape index (κ3) is 2.82. The maximum Gasteiger partial charge on any atom is 0.156 e. The van der Waals surface area contributed by atoms with Crippen LogP contribution in [0.4, 0.5) is 0 Å². The molecule has 0 bridgehead atoms. The zero-order valence-electron chi connectivity index (χ0n) is 16.4. The molecule has 1 aliphatic rings. The van der Waals surface area contributed by atoms with Gasteiger partial charge in [0.1, 0.15) is 5.75 Å². The van der Waals surface area contributed by atoms with Crippen LogP contribution in [0.2, 0.25) is 0 Å². The molecule has 0 radical (unpaired) electrons. The van der Waals surface area contributed by atoms with Gasteiger partial charge in [0.2, 0.25) is 0 Å². The highest BCUT2D eigenvalue weighted by Gasteiger charge is 2.18. The number of methoxy groups -OCH3 is 1. The van der Waals surface area contributed by atoms with Crippen molar-refractivity contribution in [3.05, 3.63) is 41.9 Å². The van der Waals surface area contributed by atoms with E-state index in [-0.39, 0.29) is 0 Å². The Balaban J connectivity index is 1.64. The standard InChI is InChI=1S/C21H24N6O/c1-13-8-19(25-27-11-14(2)23-21(13)27)17-9-15-12-26(16-4-6-22-7-5-16)24-18(15)10-20(17)28-3/h8-12,16,22H,4-7H2,1-3H3. The lowest BCUT2D eigenvalue weighted by Crippen LogP contribution is -2.29. The second-order valence-electron chi connectivity index (χ2n) is 7.56. The monoisotopic (exact) mass is 376 g/mol. The smallest absolute Gasteiger partial charge is 0.156 e. The van der Waals surface area contributed by atoms with Gasteiger partial charge in [-0.15, -0.1) is 0 Å². The molecule has 0 unspecified atom stereocenters. The van der Waals surface area contributed by atoms with Gasteiger partial charge in [-0.3, -0.25) is 4.68 Å². The molecule has 7 heteroatoms. The molecular weight excluding hydrogens is 352 g/mol. The van der Waals surface area contributed by atoms with Crippen molar-refractivity contribution in [1.82, 2.24) is 29.7 Å². The maximum absolute atomic E-state index is 5.70. The van der Waals surface area contributed by atoms with E-state index in [0.29, 0.717) is 6.04 Å². The summed E-state index contributed by atoms with van der Waals surface area (Å²) in [4.78, 5) is 4.55. The number of imidazole rings is 1. The first-order chi connectivity index (χ1) is 13.6. The minimum Gasteiger partial charge on any atom is -0.496 e. The average molecular weight is 376 g/mol. The second kappa shape index (κ2) is 6.60. The predicted molar refractivity (Wildman–Crippen MR) is 109 cm³/mol. The minimum absolute atomic E-state index is 0.453. The average Bonchev–Trinajstić information content (AvgIpc) is 3.30. The summed E-state index contributed by atoms with van der Waals surface area (Å²) in [6.07, 6.45) is 6.32. The number of hydrogen-bond donors (Lipinski definition) is 1. The van der Waals surface area contributed by atoms with Gasteiger partial charge in [-0.25, -0.2) is 9.50 Å². The molecular formula is C21H24N6O. The third-order valence-electron chi connectivity index (χ3n) is 5.53. The number of piperidine rings is 1. The fourth-order valence-corrected chi connectivity index (χ4v) is 4.08. The number of ether oxygens (including phenoxy) is 1. The summed E-state index contributed by atoms with van der Waals surface area (Å²) in [7, 11) is 1.70. The molecule has 4 aromatic rings. The molecule has 0 atom stereocenters. The summed E-state index contributed by atoms with van der Waals surface area (Å²) in [6.45, 7) is 6.13. The van der Waals surface area contributed by atoms with Crippen molar-refractivity contribution in [2.45, 2.75) is 32.7 Å². The molecule has 0 saturated carbocycles. The van der Waals surface area contributed by atoms with Crippen molar-refractivity contribution in [3.8, 4) is 17.0 Å². The Morgan fingerprint density at radius 3 is 2.68 bits per heavy atom. The van der Waals surface area contributed by atoms with Crippen molar-refractivity contribution in [1.29, 1.82) is 0 Å². The van der Waals surface area contributed by atoms with Gasteiger partial charge in [0.25, 0.3) is 0 Å². The number of benzene rings is 1. The van der Waals surface area contributed by atoms with Gasteiger partial charge in [0, 0.05) is 23.2 Å². The molecule has 0 amide bonds. The van der Waals surface area contributed by atoms with Crippen molar-refractivity contribution in [2.24, 2.45) is 0 Å². The number of rotatable bonds is 3. The topological polar surface area (TPSA) is 69.3 Å². The lowest BCUT2D eigenvalue weighted by atomic mass is 10.1. The Morgan fingerprint density at radius 2 is 1.89 bits per heavy atom. The highest BCUT2D eigenvalue weighted by Crippen LogP contribution is 2.34. The van der Waals surface area contributed by atoms with Gasteiger partial charge >= 0.3 is 0 Å². The Bertz CT molecular complexity index is 1170. The fraction of sp³-hybridized carbons (Fsp3) is 0.381. The van der Waals surface area contributed by atoms with E-state index in [1.807, 2.05) is 23.7 Å². The number of fused-ring (bicyclic) bond motifs is 2. The third-order valence-corrected chi connectivity index (χ3v) is 5.53. The van der Waals surface area contributed by atoms with Crippen LogP contribution in [-0.2, 0) is 0 Å². The molecule has 1 aromatic carbocycles. The predicted octanol–water partition coefficient (Wildman–Crippen LogP) is 3.30. The Morgan fingerprint density at radius 1 is 1.07 bits per heavy atom. The van der Waals surface area contributed by atoms with Gasteiger partial charge in [0.05, 0.1) is 36.3 Å². The fourth-order valence-electron chi connectivity index (χ4n) is 4.08. The van der Waals surface area contributed by atoms with Gasteiger partial charge in [-0.1, -0.05) is 0 Å². The zero-order chi connectivity index (χ0) is 19.3. The maximum atomic E-state index is 5.70. The number of nitrogens with zero attached hydrogens (tertiary/aromatic N) is 5. The van der Waals surface area contributed by atoms with Gasteiger partial charge in [-0.05, 0) is 57.5 Å². The van der Waals surface area contributed by atoms with Gasteiger partial charge < -0.3 is 10.1 Å². The van der Waals surface area contributed by atoms with Gasteiger partial charge in [0.15, 0.2) is 5.65 Å². The van der Waals surface area contributed by atoms with Crippen LogP contribution in [0.5, 0.6) is 5.75 Å². The van der Waals surface area contributed by atoms with Crippen LogP contribution in [0.25, 0.3) is 27.8 Å². The summed E-state index contributed by atoms with van der Waals surface area (Å²) in [6, 6.07) is 6.68. The summed E-state index contributed by atoms with van der Waals surface area (Å²) in [5, 5.41) is 14.1. The van der Waals surface area contributed by atoms with E-state index in [2.05, 4.69) is 40.2 Å². The number of hydrogen-bond acceptors (Lipinski definition) is 5. The molecule has 0 spiro atoms. The lowest BCUT2D eigenvalue weighted by molar-refractivity contribution is 0.345. The zero-order valence-corrected chi connectivity index (χ0v) is 16.4. The first-order valence-electron chi connectivity index (χ1n) is 9.74. The van der Waals surface area contributed by atoms with Crippen LogP contribution in [-0.4, -0.2) is 44.6 Å². The molecule has 4 heterocycles. The van der Waals surface area contributed by atoms with E-state index in [0.717, 1.165) is 70.7 Å². The van der Waals surface area contributed by atoms with E-state index in [9.17, 15) is 0 Å². The van der Waals surface area contributed by atoms with Crippen LogP contribution in [0.1, 0.15) is 30.1 Å². The van der Waals surface area contributed by atoms with E-state index in [4.69, 9.17) is 14.9 Å². The molecule has 3 aromatic heterocycles. The minimum atomic E-state index is 0.453. The van der Waals surface area contributed by atoms with Crippen LogP contribution >= 0.6 is 0 Å². The Kier molecular flexibility index (Phi) is 4.05. The van der Waals surface area contributed by atoms with E-state index in [1.54, 1.807) is 7.11 Å².